The Bertz CT molecular complexity index is 1150. The maximum atomic E-state index is 13.6. The fourth-order valence-electron chi connectivity index (χ4n) is 4.24. The summed E-state index contributed by atoms with van der Waals surface area (Å²) in [5.41, 5.74) is 1.49. The van der Waals surface area contributed by atoms with E-state index in [9.17, 15) is 19.2 Å². The number of nitrogens with zero attached hydrogens (tertiary/aromatic N) is 2. The van der Waals surface area contributed by atoms with Crippen molar-refractivity contribution in [3.8, 4) is 6.07 Å². The van der Waals surface area contributed by atoms with Gasteiger partial charge >= 0.3 is 11.9 Å². The largest absolute Gasteiger partial charge is 0.459 e. The normalized spacial score (nSPS) is 23.5. The lowest BCUT2D eigenvalue weighted by Crippen LogP contribution is -2.77. The van der Waals surface area contributed by atoms with Crippen molar-refractivity contribution in [2.45, 2.75) is 43.5 Å². The molecule has 0 saturated carbocycles. The van der Waals surface area contributed by atoms with Crippen LogP contribution in [0, 0.1) is 17.2 Å². The van der Waals surface area contributed by atoms with Crippen LogP contribution in [0.4, 0.5) is 0 Å². The zero-order chi connectivity index (χ0) is 25.8. The molecule has 1 N–H and O–H groups in total. The van der Waals surface area contributed by atoms with Gasteiger partial charge in [-0.1, -0.05) is 60.7 Å². The SMILES string of the molecule is CC(=O)OC1CS[C@@H]2[C@H](NC(=O)C(C)C#N)C(=O)N2[C@H]1C(=O)OC(c1ccccc1)c1ccccc1. The van der Waals surface area contributed by atoms with Gasteiger partial charge in [0.25, 0.3) is 0 Å². The van der Waals surface area contributed by atoms with Gasteiger partial charge < -0.3 is 19.7 Å². The highest BCUT2D eigenvalue weighted by molar-refractivity contribution is 8.00. The molecule has 4 rings (SSSR count). The van der Waals surface area contributed by atoms with Crippen molar-refractivity contribution < 1.29 is 28.7 Å². The fraction of sp³-hybridized carbons (Fsp3) is 0.346. The van der Waals surface area contributed by atoms with Crippen LogP contribution in [0.25, 0.3) is 0 Å². The van der Waals surface area contributed by atoms with E-state index >= 15 is 0 Å². The monoisotopic (exact) mass is 507 g/mol. The van der Waals surface area contributed by atoms with E-state index in [2.05, 4.69) is 5.32 Å². The number of benzene rings is 2. The number of fused-ring (bicyclic) bond motifs is 1. The topological polar surface area (TPSA) is 126 Å². The van der Waals surface area contributed by atoms with Gasteiger partial charge in [0, 0.05) is 12.7 Å². The molecule has 0 aliphatic carbocycles. The first-order chi connectivity index (χ1) is 17.3. The number of esters is 2. The molecule has 0 aromatic heterocycles. The molecular weight excluding hydrogens is 482 g/mol. The van der Waals surface area contributed by atoms with Crippen LogP contribution >= 0.6 is 11.8 Å². The number of thioether (sulfide) groups is 1. The smallest absolute Gasteiger partial charge is 0.333 e. The summed E-state index contributed by atoms with van der Waals surface area (Å²) in [5.74, 6) is -3.05. The van der Waals surface area contributed by atoms with Crippen molar-refractivity contribution in [2.24, 2.45) is 5.92 Å². The van der Waals surface area contributed by atoms with Crippen molar-refractivity contribution in [3.63, 3.8) is 0 Å². The predicted molar refractivity (Wildman–Crippen MR) is 130 cm³/mol. The van der Waals surface area contributed by atoms with Crippen molar-refractivity contribution in [1.82, 2.24) is 10.2 Å². The van der Waals surface area contributed by atoms with Crippen LogP contribution < -0.4 is 5.32 Å². The highest BCUT2D eigenvalue weighted by Crippen LogP contribution is 2.40. The molecule has 186 valence electrons. The van der Waals surface area contributed by atoms with Gasteiger partial charge in [-0.2, -0.15) is 5.26 Å². The molecular formula is C26H25N3O6S. The first-order valence-corrected chi connectivity index (χ1v) is 12.5. The Kier molecular flexibility index (Phi) is 7.60. The van der Waals surface area contributed by atoms with E-state index in [1.54, 1.807) is 0 Å². The molecule has 2 saturated heterocycles. The number of hydrogen-bond acceptors (Lipinski definition) is 8. The standard InChI is InChI=1S/C26H25N3O6S/c1-15(13-27)23(31)28-20-24(32)29-21(19(34-16(2)30)14-36-25(20)29)26(33)35-22(17-9-5-3-6-10-17)18-11-7-4-8-12-18/h3-12,15,19-22,25H,14H2,1-2H3,(H,28,31)/t15?,19?,20-,21-,25-/m1/s1. The molecule has 36 heavy (non-hydrogen) atoms. The lowest BCUT2D eigenvalue weighted by atomic mass is 9.98. The second-order valence-electron chi connectivity index (χ2n) is 8.54. The summed E-state index contributed by atoms with van der Waals surface area (Å²) in [4.78, 5) is 52.0. The minimum Gasteiger partial charge on any atom is -0.459 e. The molecule has 2 amide bonds. The molecule has 2 fully saturated rings. The van der Waals surface area contributed by atoms with Crippen molar-refractivity contribution in [2.75, 3.05) is 5.75 Å². The summed E-state index contributed by atoms with van der Waals surface area (Å²) in [6.45, 7) is 2.68. The summed E-state index contributed by atoms with van der Waals surface area (Å²) in [5, 5.41) is 11.0. The molecule has 5 atom stereocenters. The summed E-state index contributed by atoms with van der Waals surface area (Å²) < 4.78 is 11.4. The molecule has 2 aliphatic heterocycles. The average molecular weight is 508 g/mol. The van der Waals surface area contributed by atoms with Crippen molar-refractivity contribution in [3.05, 3.63) is 71.8 Å². The minimum absolute atomic E-state index is 0.231. The Hall–Kier alpha value is -3.84. The minimum atomic E-state index is -1.18. The molecule has 2 heterocycles. The lowest BCUT2D eigenvalue weighted by Gasteiger charge is -2.54. The van der Waals surface area contributed by atoms with E-state index in [4.69, 9.17) is 14.7 Å². The second kappa shape index (κ2) is 10.8. The van der Waals surface area contributed by atoms with Crippen LogP contribution in [-0.4, -0.2) is 58.0 Å². The number of ether oxygens (including phenoxy) is 2. The Labute approximate surface area is 212 Å². The van der Waals surface area contributed by atoms with Crippen LogP contribution in [-0.2, 0) is 28.7 Å². The number of β-lactam (4-membered cyclic amide) rings is 1. The van der Waals surface area contributed by atoms with Crippen molar-refractivity contribution in [1.29, 1.82) is 5.26 Å². The molecule has 2 aromatic carbocycles. The number of nitriles is 1. The third-order valence-corrected chi connectivity index (χ3v) is 7.41. The molecule has 0 bridgehead atoms. The maximum absolute atomic E-state index is 13.6. The van der Waals surface area contributed by atoms with Gasteiger partial charge in [0.2, 0.25) is 11.8 Å². The van der Waals surface area contributed by atoms with Gasteiger partial charge in [-0.15, -0.1) is 11.8 Å². The van der Waals surface area contributed by atoms with Crippen LogP contribution in [0.15, 0.2) is 60.7 Å². The Balaban J connectivity index is 1.60. The number of carbonyl (C=O) groups is 4. The molecule has 2 aliphatic rings. The zero-order valence-electron chi connectivity index (χ0n) is 19.7. The van der Waals surface area contributed by atoms with Crippen LogP contribution in [0.3, 0.4) is 0 Å². The maximum Gasteiger partial charge on any atom is 0.333 e. The lowest BCUT2D eigenvalue weighted by molar-refractivity contribution is -0.178. The zero-order valence-corrected chi connectivity index (χ0v) is 20.5. The second-order valence-corrected chi connectivity index (χ2v) is 9.69. The Morgan fingerprint density at radius 1 is 1.08 bits per heavy atom. The Morgan fingerprint density at radius 2 is 1.67 bits per heavy atom. The summed E-state index contributed by atoms with van der Waals surface area (Å²) in [7, 11) is 0. The Morgan fingerprint density at radius 3 is 2.19 bits per heavy atom. The number of carbonyl (C=O) groups excluding carboxylic acids is 4. The number of hydrogen-bond donors (Lipinski definition) is 1. The molecule has 9 nitrogen and oxygen atoms in total. The van der Waals surface area contributed by atoms with Crippen LogP contribution in [0.5, 0.6) is 0 Å². The third-order valence-electron chi connectivity index (χ3n) is 6.05. The summed E-state index contributed by atoms with van der Waals surface area (Å²) in [6, 6.07) is 18.2. The van der Waals surface area contributed by atoms with Gasteiger partial charge in [-0.25, -0.2) is 4.79 Å². The average Bonchev–Trinajstić information content (AvgIpc) is 2.89. The predicted octanol–water partition coefficient (Wildman–Crippen LogP) is 2.18. The van der Waals surface area contributed by atoms with E-state index in [0.29, 0.717) is 0 Å². The van der Waals surface area contributed by atoms with Gasteiger partial charge in [-0.3, -0.25) is 14.4 Å². The van der Waals surface area contributed by atoms with Crippen LogP contribution in [0.1, 0.15) is 31.1 Å². The van der Waals surface area contributed by atoms with E-state index in [0.717, 1.165) is 11.1 Å². The van der Waals surface area contributed by atoms with E-state index in [1.807, 2.05) is 66.7 Å². The number of amides is 2. The van der Waals surface area contributed by atoms with Gasteiger partial charge in [-0.05, 0) is 18.1 Å². The molecule has 2 aromatic rings. The molecule has 0 spiro atoms. The van der Waals surface area contributed by atoms with E-state index in [1.165, 1.54) is 30.5 Å². The molecule has 0 radical (unpaired) electrons. The van der Waals surface area contributed by atoms with Gasteiger partial charge in [0.15, 0.2) is 12.1 Å². The van der Waals surface area contributed by atoms with E-state index < -0.39 is 59.3 Å². The summed E-state index contributed by atoms with van der Waals surface area (Å²) >= 11 is 1.29. The number of nitrogens with one attached hydrogen (secondary N) is 1. The highest BCUT2D eigenvalue weighted by atomic mass is 32.2. The van der Waals surface area contributed by atoms with Gasteiger partial charge in [0.1, 0.15) is 23.4 Å². The van der Waals surface area contributed by atoms with Crippen LogP contribution in [0.2, 0.25) is 0 Å². The third kappa shape index (κ3) is 5.06. The number of rotatable bonds is 7. The summed E-state index contributed by atoms with van der Waals surface area (Å²) in [6.07, 6.45) is -1.66. The first-order valence-electron chi connectivity index (χ1n) is 11.4. The van der Waals surface area contributed by atoms with Gasteiger partial charge in [0.05, 0.1) is 6.07 Å². The van der Waals surface area contributed by atoms with E-state index in [-0.39, 0.29) is 5.75 Å². The molecule has 2 unspecified atom stereocenters. The highest BCUT2D eigenvalue weighted by Gasteiger charge is 2.59. The quantitative estimate of drug-likeness (QED) is 0.447. The fourth-order valence-corrected chi connectivity index (χ4v) is 5.65. The first kappa shape index (κ1) is 25.3. The van der Waals surface area contributed by atoms with Crippen molar-refractivity contribution >= 4 is 35.5 Å². The molecule has 10 heteroatoms.